The van der Waals surface area contributed by atoms with Crippen LogP contribution in [0, 0.1) is 5.92 Å². The predicted octanol–water partition coefficient (Wildman–Crippen LogP) is 3.36. The van der Waals surface area contributed by atoms with Gasteiger partial charge in [0.25, 0.3) is 0 Å². The summed E-state index contributed by atoms with van der Waals surface area (Å²) in [5.74, 6) is 0.772. The Kier molecular flexibility index (Phi) is 7.87. The molecule has 1 fully saturated rings. The minimum Gasteiger partial charge on any atom is -0.381 e. The van der Waals surface area contributed by atoms with Crippen molar-refractivity contribution in [1.29, 1.82) is 0 Å². The van der Waals surface area contributed by atoms with E-state index in [9.17, 15) is 0 Å². The van der Waals surface area contributed by atoms with Gasteiger partial charge in [0.2, 0.25) is 0 Å². The van der Waals surface area contributed by atoms with Gasteiger partial charge in [0.1, 0.15) is 0 Å². The van der Waals surface area contributed by atoms with Crippen LogP contribution in [0.15, 0.2) is 0 Å². The number of ether oxygens (including phenoxy) is 1. The first-order chi connectivity index (χ1) is 7.79. The van der Waals surface area contributed by atoms with Crippen molar-refractivity contribution in [2.45, 2.75) is 64.8 Å². The second kappa shape index (κ2) is 9.00. The molecule has 1 saturated carbocycles. The highest BCUT2D eigenvalue weighted by atomic mass is 16.5. The molecule has 0 amide bonds. The van der Waals surface area contributed by atoms with Gasteiger partial charge in [0.15, 0.2) is 0 Å². The maximum absolute atomic E-state index is 5.58. The summed E-state index contributed by atoms with van der Waals surface area (Å²) >= 11 is 0. The molecule has 0 unspecified atom stereocenters. The average Bonchev–Trinajstić information content (AvgIpc) is 3.04. The zero-order valence-corrected chi connectivity index (χ0v) is 11.1. The highest BCUT2D eigenvalue weighted by Gasteiger charge is 2.19. The molecule has 0 bridgehead atoms. The number of nitrogens with one attached hydrogen (secondary N) is 1. The molecule has 0 aromatic carbocycles. The summed E-state index contributed by atoms with van der Waals surface area (Å²) in [6.07, 6.45) is 9.27. The SMILES string of the molecule is CC(C)CCOCCCCCCNC1CC1. The van der Waals surface area contributed by atoms with Crippen LogP contribution < -0.4 is 5.32 Å². The van der Waals surface area contributed by atoms with Crippen molar-refractivity contribution in [1.82, 2.24) is 5.32 Å². The zero-order chi connectivity index (χ0) is 11.6. The smallest absolute Gasteiger partial charge is 0.0468 e. The van der Waals surface area contributed by atoms with Crippen LogP contribution in [0.5, 0.6) is 0 Å². The molecule has 0 aromatic heterocycles. The van der Waals surface area contributed by atoms with E-state index in [2.05, 4.69) is 19.2 Å². The van der Waals surface area contributed by atoms with Gasteiger partial charge in [-0.25, -0.2) is 0 Å². The molecule has 16 heavy (non-hydrogen) atoms. The molecule has 1 rings (SSSR count). The van der Waals surface area contributed by atoms with Gasteiger partial charge in [-0.2, -0.15) is 0 Å². The van der Waals surface area contributed by atoms with E-state index in [0.29, 0.717) is 0 Å². The van der Waals surface area contributed by atoms with E-state index < -0.39 is 0 Å². The molecule has 0 atom stereocenters. The fraction of sp³-hybridized carbons (Fsp3) is 1.00. The van der Waals surface area contributed by atoms with Gasteiger partial charge in [-0.15, -0.1) is 0 Å². The quantitative estimate of drug-likeness (QED) is 0.546. The van der Waals surface area contributed by atoms with Gasteiger partial charge in [0, 0.05) is 19.3 Å². The Hall–Kier alpha value is -0.0800. The molecule has 0 saturated heterocycles. The van der Waals surface area contributed by atoms with Crippen LogP contribution in [-0.2, 0) is 4.74 Å². The fourth-order valence-electron chi connectivity index (χ4n) is 1.70. The van der Waals surface area contributed by atoms with E-state index >= 15 is 0 Å². The summed E-state index contributed by atoms with van der Waals surface area (Å²) in [6, 6.07) is 0.874. The number of hydrogen-bond acceptors (Lipinski definition) is 2. The number of hydrogen-bond donors (Lipinski definition) is 1. The summed E-state index contributed by atoms with van der Waals surface area (Å²) in [7, 11) is 0. The topological polar surface area (TPSA) is 21.3 Å². The first kappa shape index (κ1) is 14.0. The second-order valence-electron chi connectivity index (χ2n) is 5.44. The van der Waals surface area contributed by atoms with Gasteiger partial charge in [-0.3, -0.25) is 0 Å². The Morgan fingerprint density at radius 1 is 1.06 bits per heavy atom. The van der Waals surface area contributed by atoms with E-state index in [-0.39, 0.29) is 0 Å². The predicted molar refractivity (Wildman–Crippen MR) is 69.8 cm³/mol. The first-order valence-electron chi connectivity index (χ1n) is 7.10. The van der Waals surface area contributed by atoms with Crippen molar-refractivity contribution >= 4 is 0 Å². The Labute approximate surface area is 101 Å². The van der Waals surface area contributed by atoms with Crippen LogP contribution in [0.1, 0.15) is 58.8 Å². The molecule has 0 spiro atoms. The van der Waals surface area contributed by atoms with Gasteiger partial charge in [0.05, 0.1) is 0 Å². The van der Waals surface area contributed by atoms with Crippen LogP contribution in [-0.4, -0.2) is 25.8 Å². The normalized spacial score (nSPS) is 15.9. The highest BCUT2D eigenvalue weighted by Crippen LogP contribution is 2.18. The van der Waals surface area contributed by atoms with E-state index in [1.807, 2.05) is 0 Å². The largest absolute Gasteiger partial charge is 0.381 e. The molecule has 96 valence electrons. The highest BCUT2D eigenvalue weighted by molar-refractivity contribution is 4.80. The lowest BCUT2D eigenvalue weighted by Gasteiger charge is -2.06. The van der Waals surface area contributed by atoms with E-state index in [1.54, 1.807) is 0 Å². The van der Waals surface area contributed by atoms with Crippen LogP contribution >= 0.6 is 0 Å². The molecular weight excluding hydrogens is 198 g/mol. The molecule has 0 heterocycles. The summed E-state index contributed by atoms with van der Waals surface area (Å²) in [5.41, 5.74) is 0. The number of rotatable bonds is 11. The zero-order valence-electron chi connectivity index (χ0n) is 11.1. The maximum Gasteiger partial charge on any atom is 0.0468 e. The molecule has 1 aliphatic rings. The van der Waals surface area contributed by atoms with E-state index in [0.717, 1.165) is 25.2 Å². The van der Waals surface area contributed by atoms with Crippen LogP contribution in [0.3, 0.4) is 0 Å². The molecule has 1 aliphatic carbocycles. The van der Waals surface area contributed by atoms with Gasteiger partial charge >= 0.3 is 0 Å². The van der Waals surface area contributed by atoms with Crippen LogP contribution in [0.25, 0.3) is 0 Å². The number of unbranched alkanes of at least 4 members (excludes halogenated alkanes) is 3. The van der Waals surface area contributed by atoms with Gasteiger partial charge in [-0.05, 0) is 44.6 Å². The molecule has 1 N–H and O–H groups in total. The Morgan fingerprint density at radius 2 is 1.81 bits per heavy atom. The third-order valence-electron chi connectivity index (χ3n) is 3.07. The maximum atomic E-state index is 5.58. The van der Waals surface area contributed by atoms with Crippen molar-refractivity contribution < 1.29 is 4.74 Å². The van der Waals surface area contributed by atoms with E-state index in [1.165, 1.54) is 51.5 Å². The molecule has 0 aromatic rings. The molecule has 0 radical (unpaired) electrons. The monoisotopic (exact) mass is 227 g/mol. The molecule has 2 heteroatoms. The summed E-state index contributed by atoms with van der Waals surface area (Å²) in [4.78, 5) is 0. The van der Waals surface area contributed by atoms with E-state index in [4.69, 9.17) is 4.74 Å². The Balaban J connectivity index is 1.64. The summed E-state index contributed by atoms with van der Waals surface area (Å²) in [6.45, 7) is 7.62. The lowest BCUT2D eigenvalue weighted by Crippen LogP contribution is -2.17. The first-order valence-corrected chi connectivity index (χ1v) is 7.10. The third-order valence-corrected chi connectivity index (χ3v) is 3.07. The standard InChI is InChI=1S/C14H29NO/c1-13(2)9-12-16-11-6-4-3-5-10-15-14-7-8-14/h13-15H,3-12H2,1-2H3. The molecular formula is C14H29NO. The average molecular weight is 227 g/mol. The minimum atomic E-state index is 0.772. The summed E-state index contributed by atoms with van der Waals surface area (Å²) < 4.78 is 5.58. The van der Waals surface area contributed by atoms with Crippen molar-refractivity contribution in [2.75, 3.05) is 19.8 Å². The lowest BCUT2D eigenvalue weighted by molar-refractivity contribution is 0.119. The fourth-order valence-corrected chi connectivity index (χ4v) is 1.70. The van der Waals surface area contributed by atoms with Crippen molar-refractivity contribution in [3.05, 3.63) is 0 Å². The second-order valence-corrected chi connectivity index (χ2v) is 5.44. The van der Waals surface area contributed by atoms with Crippen LogP contribution in [0.2, 0.25) is 0 Å². The lowest BCUT2D eigenvalue weighted by atomic mass is 10.1. The third kappa shape index (κ3) is 9.17. The summed E-state index contributed by atoms with van der Waals surface area (Å²) in [5, 5.41) is 3.55. The van der Waals surface area contributed by atoms with Gasteiger partial charge < -0.3 is 10.1 Å². The van der Waals surface area contributed by atoms with Crippen molar-refractivity contribution in [3.8, 4) is 0 Å². The van der Waals surface area contributed by atoms with Crippen LogP contribution in [0.4, 0.5) is 0 Å². The minimum absolute atomic E-state index is 0.772. The van der Waals surface area contributed by atoms with Crippen molar-refractivity contribution in [3.63, 3.8) is 0 Å². The van der Waals surface area contributed by atoms with Gasteiger partial charge in [-0.1, -0.05) is 26.7 Å². The molecule has 2 nitrogen and oxygen atoms in total. The Bertz CT molecular complexity index is 145. The molecule has 0 aliphatic heterocycles. The Morgan fingerprint density at radius 3 is 2.50 bits per heavy atom. The van der Waals surface area contributed by atoms with Crippen molar-refractivity contribution in [2.24, 2.45) is 5.92 Å².